The molecule has 7 heteroatoms. The SMILES string of the molecule is Cn1c(SCC(=O)NCC2CC2)nc2sc3c(c2c1=O)CCCC3. The molecule has 2 aromatic heterocycles. The molecule has 1 fully saturated rings. The van der Waals surface area contributed by atoms with Crippen LogP contribution in [0, 0.1) is 5.92 Å². The maximum Gasteiger partial charge on any atom is 0.262 e. The summed E-state index contributed by atoms with van der Waals surface area (Å²) in [6, 6.07) is 0. The zero-order chi connectivity index (χ0) is 16.7. The first-order valence-electron chi connectivity index (χ1n) is 8.54. The van der Waals surface area contributed by atoms with Gasteiger partial charge in [-0.25, -0.2) is 4.98 Å². The van der Waals surface area contributed by atoms with E-state index in [4.69, 9.17) is 0 Å². The molecule has 0 bridgehead atoms. The fraction of sp³-hybridized carbons (Fsp3) is 0.588. The molecule has 0 saturated heterocycles. The van der Waals surface area contributed by atoms with Gasteiger partial charge in [-0.1, -0.05) is 11.8 Å². The van der Waals surface area contributed by atoms with Crippen molar-refractivity contribution >= 4 is 39.2 Å². The molecule has 24 heavy (non-hydrogen) atoms. The Morgan fingerprint density at radius 2 is 2.17 bits per heavy atom. The second kappa shape index (κ2) is 6.52. The Labute approximate surface area is 148 Å². The van der Waals surface area contributed by atoms with Crippen molar-refractivity contribution in [3.63, 3.8) is 0 Å². The highest BCUT2D eigenvalue weighted by Gasteiger charge is 2.23. The monoisotopic (exact) mass is 363 g/mol. The quantitative estimate of drug-likeness (QED) is 0.655. The zero-order valence-electron chi connectivity index (χ0n) is 13.8. The van der Waals surface area contributed by atoms with Gasteiger partial charge in [-0.15, -0.1) is 11.3 Å². The molecule has 5 nitrogen and oxygen atoms in total. The normalized spacial score (nSPS) is 17.0. The highest BCUT2D eigenvalue weighted by atomic mass is 32.2. The molecular weight excluding hydrogens is 342 g/mol. The van der Waals surface area contributed by atoms with Crippen LogP contribution >= 0.6 is 23.1 Å². The Kier molecular flexibility index (Phi) is 4.39. The Morgan fingerprint density at radius 3 is 2.96 bits per heavy atom. The number of hydrogen-bond donors (Lipinski definition) is 1. The lowest BCUT2D eigenvalue weighted by molar-refractivity contribution is -0.118. The van der Waals surface area contributed by atoms with Crippen LogP contribution in [0.3, 0.4) is 0 Å². The largest absolute Gasteiger partial charge is 0.355 e. The van der Waals surface area contributed by atoms with E-state index in [-0.39, 0.29) is 11.5 Å². The summed E-state index contributed by atoms with van der Waals surface area (Å²) in [5.41, 5.74) is 1.24. The number of thiophene rings is 1. The van der Waals surface area contributed by atoms with E-state index in [0.717, 1.165) is 36.0 Å². The van der Waals surface area contributed by atoms with E-state index in [2.05, 4.69) is 10.3 Å². The molecule has 2 heterocycles. The van der Waals surface area contributed by atoms with Crippen LogP contribution in [0.15, 0.2) is 9.95 Å². The van der Waals surface area contributed by atoms with Gasteiger partial charge in [0.15, 0.2) is 5.16 Å². The number of nitrogens with one attached hydrogen (secondary N) is 1. The molecule has 0 aromatic carbocycles. The maximum absolute atomic E-state index is 12.8. The third-order valence-electron chi connectivity index (χ3n) is 4.77. The maximum atomic E-state index is 12.8. The van der Waals surface area contributed by atoms with E-state index < -0.39 is 0 Å². The van der Waals surface area contributed by atoms with Crippen LogP contribution in [0.5, 0.6) is 0 Å². The van der Waals surface area contributed by atoms with Crippen molar-refractivity contribution in [2.75, 3.05) is 12.3 Å². The molecule has 1 N–H and O–H groups in total. The number of amides is 1. The number of rotatable bonds is 5. The molecule has 1 amide bonds. The van der Waals surface area contributed by atoms with Crippen molar-refractivity contribution in [1.82, 2.24) is 14.9 Å². The minimum Gasteiger partial charge on any atom is -0.355 e. The van der Waals surface area contributed by atoms with Crippen LogP contribution in [0.2, 0.25) is 0 Å². The summed E-state index contributed by atoms with van der Waals surface area (Å²) in [5.74, 6) is 1.01. The Balaban J connectivity index is 1.55. The second-order valence-corrected chi connectivity index (χ2v) is 8.71. The molecular formula is C17H21N3O2S2. The molecule has 1 saturated carbocycles. The van der Waals surface area contributed by atoms with Gasteiger partial charge in [0.05, 0.1) is 11.1 Å². The molecule has 0 aliphatic heterocycles. The summed E-state index contributed by atoms with van der Waals surface area (Å²) in [4.78, 5) is 31.5. The third kappa shape index (κ3) is 3.11. The lowest BCUT2D eigenvalue weighted by Gasteiger charge is -2.11. The number of thioether (sulfide) groups is 1. The summed E-state index contributed by atoms with van der Waals surface area (Å²) in [5, 5.41) is 4.39. The average Bonchev–Trinajstić information content (AvgIpc) is 3.34. The molecule has 0 spiro atoms. The van der Waals surface area contributed by atoms with E-state index >= 15 is 0 Å². The number of aryl methyl sites for hydroxylation is 2. The van der Waals surface area contributed by atoms with Gasteiger partial charge in [0.1, 0.15) is 4.83 Å². The lowest BCUT2D eigenvalue weighted by atomic mass is 9.97. The van der Waals surface area contributed by atoms with Gasteiger partial charge in [-0.05, 0) is 50.0 Å². The van der Waals surface area contributed by atoms with E-state index in [9.17, 15) is 9.59 Å². The summed E-state index contributed by atoms with van der Waals surface area (Å²) < 4.78 is 1.60. The number of fused-ring (bicyclic) bond motifs is 3. The first kappa shape index (κ1) is 16.1. The average molecular weight is 364 g/mol. The standard InChI is InChI=1S/C17H21N3O2S2/c1-20-16(22)14-11-4-2-3-5-12(11)24-15(14)19-17(20)23-9-13(21)18-8-10-6-7-10/h10H,2-9H2,1H3,(H,18,21). The van der Waals surface area contributed by atoms with E-state index in [0.29, 0.717) is 16.8 Å². The highest BCUT2D eigenvalue weighted by molar-refractivity contribution is 7.99. The smallest absolute Gasteiger partial charge is 0.262 e. The number of aromatic nitrogens is 2. The minimum absolute atomic E-state index is 0.0201. The van der Waals surface area contributed by atoms with Crippen LogP contribution in [0.4, 0.5) is 0 Å². The molecule has 2 aliphatic rings. The Bertz CT molecular complexity index is 852. The molecule has 0 atom stereocenters. The molecule has 4 rings (SSSR count). The summed E-state index contributed by atoms with van der Waals surface area (Å²) >= 11 is 3.00. The summed E-state index contributed by atoms with van der Waals surface area (Å²) in [7, 11) is 1.76. The first-order valence-corrected chi connectivity index (χ1v) is 10.3. The van der Waals surface area contributed by atoms with Crippen LogP contribution < -0.4 is 10.9 Å². The summed E-state index contributed by atoms with van der Waals surface area (Å²) in [6.07, 6.45) is 6.85. The number of hydrogen-bond acceptors (Lipinski definition) is 5. The second-order valence-electron chi connectivity index (χ2n) is 6.69. The first-order chi connectivity index (χ1) is 11.6. The third-order valence-corrected chi connectivity index (χ3v) is 6.99. The van der Waals surface area contributed by atoms with Gasteiger partial charge in [0, 0.05) is 18.5 Å². The van der Waals surface area contributed by atoms with Crippen molar-refractivity contribution in [2.45, 2.75) is 43.7 Å². The van der Waals surface area contributed by atoms with E-state index in [1.807, 2.05) is 0 Å². The number of carbonyl (C=O) groups is 1. The minimum atomic E-state index is 0.0201. The summed E-state index contributed by atoms with van der Waals surface area (Å²) in [6.45, 7) is 0.780. The Hall–Kier alpha value is -1.34. The fourth-order valence-corrected chi connectivity index (χ4v) is 5.26. The van der Waals surface area contributed by atoms with Crippen molar-refractivity contribution in [3.05, 3.63) is 20.8 Å². The highest BCUT2D eigenvalue weighted by Crippen LogP contribution is 2.34. The lowest BCUT2D eigenvalue weighted by Crippen LogP contribution is -2.28. The van der Waals surface area contributed by atoms with Gasteiger partial charge in [0.25, 0.3) is 5.56 Å². The predicted octanol–water partition coefficient (Wildman–Crippen LogP) is 2.49. The van der Waals surface area contributed by atoms with Gasteiger partial charge in [-0.2, -0.15) is 0 Å². The number of nitrogens with zero attached hydrogens (tertiary/aromatic N) is 2. The van der Waals surface area contributed by atoms with Crippen LogP contribution in [0.25, 0.3) is 10.2 Å². The van der Waals surface area contributed by atoms with Crippen LogP contribution in [-0.4, -0.2) is 27.8 Å². The molecule has 128 valence electrons. The van der Waals surface area contributed by atoms with Crippen molar-refractivity contribution < 1.29 is 4.79 Å². The van der Waals surface area contributed by atoms with E-state index in [1.54, 1.807) is 23.0 Å². The van der Waals surface area contributed by atoms with Crippen molar-refractivity contribution in [3.8, 4) is 0 Å². The molecule has 2 aliphatic carbocycles. The van der Waals surface area contributed by atoms with Crippen LogP contribution in [0.1, 0.15) is 36.1 Å². The van der Waals surface area contributed by atoms with Gasteiger partial charge < -0.3 is 5.32 Å². The zero-order valence-corrected chi connectivity index (χ0v) is 15.4. The predicted molar refractivity (Wildman–Crippen MR) is 98.0 cm³/mol. The number of carbonyl (C=O) groups excluding carboxylic acids is 1. The Morgan fingerprint density at radius 1 is 1.38 bits per heavy atom. The fourth-order valence-electron chi connectivity index (χ4n) is 3.16. The molecule has 0 radical (unpaired) electrons. The van der Waals surface area contributed by atoms with Crippen LogP contribution in [-0.2, 0) is 24.7 Å². The van der Waals surface area contributed by atoms with Gasteiger partial charge in [-0.3, -0.25) is 14.2 Å². The van der Waals surface area contributed by atoms with Gasteiger partial charge in [0.2, 0.25) is 5.91 Å². The van der Waals surface area contributed by atoms with Gasteiger partial charge >= 0.3 is 0 Å². The van der Waals surface area contributed by atoms with Crippen molar-refractivity contribution in [2.24, 2.45) is 13.0 Å². The van der Waals surface area contributed by atoms with Crippen molar-refractivity contribution in [1.29, 1.82) is 0 Å². The topological polar surface area (TPSA) is 64.0 Å². The van der Waals surface area contributed by atoms with E-state index in [1.165, 1.54) is 41.5 Å². The molecule has 0 unspecified atom stereocenters. The molecule has 2 aromatic rings.